The van der Waals surface area contributed by atoms with Gasteiger partial charge >= 0.3 is 0 Å². The summed E-state index contributed by atoms with van der Waals surface area (Å²) < 4.78 is 5.27. The lowest BCUT2D eigenvalue weighted by Gasteiger charge is -2.39. The van der Waals surface area contributed by atoms with Gasteiger partial charge in [-0.3, -0.25) is 9.59 Å². The Morgan fingerprint density at radius 3 is 2.62 bits per heavy atom. The zero-order valence-corrected chi connectivity index (χ0v) is 17.5. The Balaban J connectivity index is 1.46. The van der Waals surface area contributed by atoms with Crippen molar-refractivity contribution in [1.82, 2.24) is 14.8 Å². The topological polar surface area (TPSA) is 66.7 Å². The second kappa shape index (κ2) is 7.65. The highest BCUT2D eigenvalue weighted by Gasteiger charge is 2.49. The third-order valence-electron chi connectivity index (χ3n) is 6.42. The van der Waals surface area contributed by atoms with Gasteiger partial charge in [0.05, 0.1) is 11.1 Å². The number of aromatic nitrogens is 1. The Morgan fingerprint density at radius 1 is 1.21 bits per heavy atom. The monoisotopic (exact) mass is 395 g/mol. The van der Waals surface area contributed by atoms with Gasteiger partial charge in [0.1, 0.15) is 0 Å². The van der Waals surface area contributed by atoms with Crippen LogP contribution in [0.25, 0.3) is 0 Å². The molecule has 2 fully saturated rings. The Labute approximate surface area is 171 Å². The van der Waals surface area contributed by atoms with E-state index in [0.717, 1.165) is 24.9 Å². The first-order chi connectivity index (χ1) is 13.9. The summed E-state index contributed by atoms with van der Waals surface area (Å²) in [7, 11) is 0. The average molecular weight is 396 g/mol. The maximum Gasteiger partial charge on any atom is 0.291 e. The minimum Gasteiger partial charge on any atom is -0.438 e. The second-order valence-electron chi connectivity index (χ2n) is 8.75. The van der Waals surface area contributed by atoms with E-state index < -0.39 is 5.41 Å². The number of hydrogen-bond acceptors (Lipinski definition) is 4. The number of piperidine rings is 1. The first kappa shape index (κ1) is 19.7. The number of carbonyl (C=O) groups is 2. The summed E-state index contributed by atoms with van der Waals surface area (Å²) in [5, 5.41) is 0. The summed E-state index contributed by atoms with van der Waals surface area (Å²) in [5.74, 6) is 0.804. The largest absolute Gasteiger partial charge is 0.438 e. The van der Waals surface area contributed by atoms with Crippen molar-refractivity contribution in [3.63, 3.8) is 0 Å². The molecule has 3 heterocycles. The summed E-state index contributed by atoms with van der Waals surface area (Å²) in [4.78, 5) is 33.9. The first-order valence-corrected chi connectivity index (χ1v) is 10.5. The highest BCUT2D eigenvalue weighted by atomic mass is 16.3. The summed E-state index contributed by atoms with van der Waals surface area (Å²) in [5.41, 5.74) is 2.60. The van der Waals surface area contributed by atoms with Gasteiger partial charge in [0.15, 0.2) is 6.39 Å². The number of nitrogens with zero attached hydrogens (tertiary/aromatic N) is 3. The summed E-state index contributed by atoms with van der Waals surface area (Å²) in [6.07, 6.45) is 3.83. The van der Waals surface area contributed by atoms with E-state index in [4.69, 9.17) is 4.42 Å². The average Bonchev–Trinajstić information content (AvgIpc) is 3.33. The summed E-state index contributed by atoms with van der Waals surface area (Å²) >= 11 is 0. The van der Waals surface area contributed by atoms with E-state index in [2.05, 4.69) is 43.1 Å². The van der Waals surface area contributed by atoms with Crippen LogP contribution in [0.1, 0.15) is 66.4 Å². The molecule has 0 bridgehead atoms. The molecule has 2 aliphatic heterocycles. The number of oxazole rings is 1. The Morgan fingerprint density at radius 2 is 1.97 bits per heavy atom. The van der Waals surface area contributed by atoms with Crippen molar-refractivity contribution < 1.29 is 14.0 Å². The van der Waals surface area contributed by atoms with Crippen molar-refractivity contribution in [3.05, 3.63) is 53.2 Å². The highest BCUT2D eigenvalue weighted by molar-refractivity contribution is 5.94. The van der Waals surface area contributed by atoms with Crippen LogP contribution in [0.15, 0.2) is 35.1 Å². The van der Waals surface area contributed by atoms with Crippen molar-refractivity contribution in [3.8, 4) is 0 Å². The van der Waals surface area contributed by atoms with Crippen molar-refractivity contribution in [2.75, 3.05) is 19.6 Å². The van der Waals surface area contributed by atoms with E-state index in [1.165, 1.54) is 12.0 Å². The molecular weight excluding hydrogens is 366 g/mol. The van der Waals surface area contributed by atoms with Gasteiger partial charge in [-0.2, -0.15) is 0 Å². The molecule has 1 aromatic heterocycles. The number of carbonyl (C=O) groups excluding carboxylic acids is 2. The molecule has 29 heavy (non-hydrogen) atoms. The van der Waals surface area contributed by atoms with Crippen LogP contribution in [-0.4, -0.2) is 46.2 Å². The van der Waals surface area contributed by atoms with Crippen LogP contribution in [0.4, 0.5) is 0 Å². The van der Waals surface area contributed by atoms with E-state index >= 15 is 0 Å². The van der Waals surface area contributed by atoms with Crippen LogP contribution in [0.5, 0.6) is 0 Å². The standard InChI is InChI=1S/C23H29N3O3/c1-16(2)19-7-5-18(6-8-19)13-25-11-4-9-23(22(25)28)10-12-26(14-23)21(27)20-17(3)24-15-29-20/h5-8,15-16H,4,9-14H2,1-3H3/t23-/m0/s1. The van der Waals surface area contributed by atoms with Crippen molar-refractivity contribution in [2.24, 2.45) is 5.41 Å². The van der Waals surface area contributed by atoms with Gasteiger partial charge in [0.25, 0.3) is 5.91 Å². The van der Waals surface area contributed by atoms with Crippen LogP contribution in [-0.2, 0) is 11.3 Å². The normalized spacial score (nSPS) is 22.1. The lowest BCUT2D eigenvalue weighted by molar-refractivity contribution is -0.146. The number of rotatable bonds is 4. The maximum absolute atomic E-state index is 13.4. The molecule has 0 saturated carbocycles. The number of amides is 2. The second-order valence-corrected chi connectivity index (χ2v) is 8.75. The molecule has 1 spiro atoms. The molecule has 0 N–H and O–H groups in total. The van der Waals surface area contributed by atoms with Crippen molar-refractivity contribution >= 4 is 11.8 Å². The first-order valence-electron chi connectivity index (χ1n) is 10.5. The van der Waals surface area contributed by atoms with Crippen LogP contribution < -0.4 is 0 Å². The molecular formula is C23H29N3O3. The lowest BCUT2D eigenvalue weighted by atomic mass is 9.78. The fourth-order valence-electron chi connectivity index (χ4n) is 4.61. The van der Waals surface area contributed by atoms with E-state index in [9.17, 15) is 9.59 Å². The highest BCUT2D eigenvalue weighted by Crippen LogP contribution is 2.41. The predicted molar refractivity (Wildman–Crippen MR) is 109 cm³/mol. The molecule has 0 radical (unpaired) electrons. The molecule has 2 aromatic rings. The van der Waals surface area contributed by atoms with Gasteiger partial charge in [-0.15, -0.1) is 0 Å². The zero-order chi connectivity index (χ0) is 20.6. The Hall–Kier alpha value is -2.63. The van der Waals surface area contributed by atoms with Gasteiger partial charge in [-0.1, -0.05) is 38.1 Å². The van der Waals surface area contributed by atoms with E-state index in [1.54, 1.807) is 11.8 Å². The van der Waals surface area contributed by atoms with Crippen molar-refractivity contribution in [1.29, 1.82) is 0 Å². The summed E-state index contributed by atoms with van der Waals surface area (Å²) in [6.45, 7) is 8.59. The van der Waals surface area contributed by atoms with E-state index in [1.807, 2.05) is 4.90 Å². The SMILES string of the molecule is Cc1ncoc1C(=O)N1CC[C@@]2(CCCN(Cc3ccc(C(C)C)cc3)C2=O)C1. The number of benzene rings is 1. The minimum absolute atomic E-state index is 0.161. The van der Waals surface area contributed by atoms with E-state index in [0.29, 0.717) is 37.7 Å². The van der Waals surface area contributed by atoms with Gasteiger partial charge in [-0.25, -0.2) is 4.98 Å². The van der Waals surface area contributed by atoms with Gasteiger partial charge in [0, 0.05) is 26.2 Å². The van der Waals surface area contributed by atoms with Crippen LogP contribution >= 0.6 is 0 Å². The number of likely N-dealkylation sites (tertiary alicyclic amines) is 2. The number of hydrogen-bond donors (Lipinski definition) is 0. The molecule has 2 saturated heterocycles. The fraction of sp³-hybridized carbons (Fsp3) is 0.522. The van der Waals surface area contributed by atoms with Crippen molar-refractivity contribution in [2.45, 2.75) is 52.5 Å². The van der Waals surface area contributed by atoms with Crippen LogP contribution in [0, 0.1) is 12.3 Å². The van der Waals surface area contributed by atoms with Gasteiger partial charge < -0.3 is 14.2 Å². The van der Waals surface area contributed by atoms with Gasteiger partial charge in [-0.05, 0) is 43.2 Å². The summed E-state index contributed by atoms with van der Waals surface area (Å²) in [6, 6.07) is 8.56. The zero-order valence-electron chi connectivity index (χ0n) is 17.5. The molecule has 2 amide bonds. The Kier molecular flexibility index (Phi) is 5.19. The smallest absolute Gasteiger partial charge is 0.291 e. The molecule has 6 nitrogen and oxygen atoms in total. The molecule has 1 aromatic carbocycles. The molecule has 2 aliphatic rings. The van der Waals surface area contributed by atoms with Gasteiger partial charge in [0.2, 0.25) is 11.7 Å². The third kappa shape index (κ3) is 3.68. The minimum atomic E-state index is -0.459. The lowest BCUT2D eigenvalue weighted by Crippen LogP contribution is -2.50. The maximum atomic E-state index is 13.4. The quantitative estimate of drug-likeness (QED) is 0.791. The molecule has 6 heteroatoms. The Bertz CT molecular complexity index is 902. The third-order valence-corrected chi connectivity index (χ3v) is 6.42. The van der Waals surface area contributed by atoms with Crippen LogP contribution in [0.3, 0.4) is 0 Å². The molecule has 1 atom stereocenters. The van der Waals surface area contributed by atoms with Crippen LogP contribution in [0.2, 0.25) is 0 Å². The fourth-order valence-corrected chi connectivity index (χ4v) is 4.61. The molecule has 0 aliphatic carbocycles. The predicted octanol–water partition coefficient (Wildman–Crippen LogP) is 3.76. The molecule has 0 unspecified atom stereocenters. The van der Waals surface area contributed by atoms with E-state index in [-0.39, 0.29) is 17.6 Å². The molecule has 4 rings (SSSR count). The molecule has 154 valence electrons. The number of aryl methyl sites for hydroxylation is 1.